The van der Waals surface area contributed by atoms with Gasteiger partial charge in [-0.2, -0.15) is 5.10 Å². The van der Waals surface area contributed by atoms with Crippen LogP contribution in [0.5, 0.6) is 0 Å². The Bertz CT molecular complexity index is 956. The van der Waals surface area contributed by atoms with Crippen LogP contribution >= 0.6 is 23.2 Å². The predicted octanol–water partition coefficient (Wildman–Crippen LogP) is 3.77. The fourth-order valence-corrected chi connectivity index (χ4v) is 3.80. The van der Waals surface area contributed by atoms with Gasteiger partial charge in [-0.3, -0.25) is 14.3 Å². The van der Waals surface area contributed by atoms with Crippen molar-refractivity contribution in [3.63, 3.8) is 0 Å². The predicted molar refractivity (Wildman–Crippen MR) is 115 cm³/mol. The number of hydrogen-bond donors (Lipinski definition) is 1. The molecule has 2 aromatic rings. The second-order valence-electron chi connectivity index (χ2n) is 7.03. The number of aryl methyl sites for hydroxylation is 2. The van der Waals surface area contributed by atoms with E-state index in [9.17, 15) is 14.4 Å². The minimum Gasteiger partial charge on any atom is -0.450 e. The zero-order chi connectivity index (χ0) is 22.4. The molecule has 9 heteroatoms. The van der Waals surface area contributed by atoms with Gasteiger partial charge in [0, 0.05) is 35.2 Å². The first-order chi connectivity index (χ1) is 14.1. The minimum atomic E-state index is -1.09. The Morgan fingerprint density at radius 3 is 2.50 bits per heavy atom. The van der Waals surface area contributed by atoms with Crippen molar-refractivity contribution in [2.75, 3.05) is 13.2 Å². The molecule has 1 heterocycles. The second-order valence-corrected chi connectivity index (χ2v) is 7.87. The largest absolute Gasteiger partial charge is 0.450 e. The van der Waals surface area contributed by atoms with E-state index in [-0.39, 0.29) is 11.5 Å². The summed E-state index contributed by atoms with van der Waals surface area (Å²) in [5.74, 6) is -2.42. The van der Waals surface area contributed by atoms with Crippen molar-refractivity contribution in [1.29, 1.82) is 0 Å². The maximum atomic E-state index is 12.3. The average molecular weight is 454 g/mol. The van der Waals surface area contributed by atoms with Gasteiger partial charge in [-0.05, 0) is 38.0 Å². The molecule has 1 aromatic carbocycles. The standard InChI is InChI=1S/C21H25Cl2N3O4/c1-5-6-14(16-8-7-15(22)9-17(16)23)10-24-18(27)11-30-21(29)20(28)19-12(2)25-26(4)13(19)3/h7-9,14H,5-6,10-11H2,1-4H3,(H,24,27). The van der Waals surface area contributed by atoms with Crippen LogP contribution in [0.25, 0.3) is 0 Å². The fourth-order valence-electron chi connectivity index (χ4n) is 3.24. The molecule has 0 saturated heterocycles. The van der Waals surface area contributed by atoms with Gasteiger partial charge in [-0.15, -0.1) is 0 Å². The van der Waals surface area contributed by atoms with E-state index in [2.05, 4.69) is 10.4 Å². The molecule has 1 aromatic heterocycles. The van der Waals surface area contributed by atoms with Gasteiger partial charge in [0.2, 0.25) is 0 Å². The lowest BCUT2D eigenvalue weighted by Gasteiger charge is -2.19. The third kappa shape index (κ3) is 5.83. The highest BCUT2D eigenvalue weighted by Crippen LogP contribution is 2.30. The van der Waals surface area contributed by atoms with Crippen molar-refractivity contribution in [3.8, 4) is 0 Å². The Kier molecular flexibility index (Phi) is 8.43. The summed E-state index contributed by atoms with van der Waals surface area (Å²) in [4.78, 5) is 36.6. The summed E-state index contributed by atoms with van der Waals surface area (Å²) in [6.45, 7) is 5.13. The summed E-state index contributed by atoms with van der Waals surface area (Å²) in [5.41, 5.74) is 2.08. The zero-order valence-electron chi connectivity index (χ0n) is 17.4. The SMILES string of the molecule is CCCC(CNC(=O)COC(=O)C(=O)c1c(C)nn(C)c1C)c1ccc(Cl)cc1Cl. The van der Waals surface area contributed by atoms with Crippen molar-refractivity contribution in [2.24, 2.45) is 7.05 Å². The minimum absolute atomic E-state index is 0.0123. The molecule has 0 radical (unpaired) electrons. The number of benzene rings is 1. The first kappa shape index (κ1) is 23.9. The summed E-state index contributed by atoms with van der Waals surface area (Å²) in [6.07, 6.45) is 1.70. The normalized spacial score (nSPS) is 11.8. The van der Waals surface area contributed by atoms with Crippen LogP contribution in [-0.4, -0.2) is 40.6 Å². The van der Waals surface area contributed by atoms with E-state index >= 15 is 0 Å². The van der Waals surface area contributed by atoms with E-state index < -0.39 is 24.3 Å². The number of rotatable bonds is 9. The van der Waals surface area contributed by atoms with Crippen LogP contribution in [0, 0.1) is 13.8 Å². The van der Waals surface area contributed by atoms with Crippen LogP contribution in [0.15, 0.2) is 18.2 Å². The summed E-state index contributed by atoms with van der Waals surface area (Å²) in [7, 11) is 1.68. The van der Waals surface area contributed by atoms with E-state index in [1.54, 1.807) is 33.0 Å². The molecule has 1 amide bonds. The topological polar surface area (TPSA) is 90.3 Å². The molecule has 1 atom stereocenters. The number of ether oxygens (including phenoxy) is 1. The number of nitrogens with zero attached hydrogens (tertiary/aromatic N) is 2. The molecule has 0 aliphatic carbocycles. The van der Waals surface area contributed by atoms with Crippen LogP contribution < -0.4 is 5.32 Å². The summed E-state index contributed by atoms with van der Waals surface area (Å²) < 4.78 is 6.41. The van der Waals surface area contributed by atoms with Crippen LogP contribution in [0.1, 0.15) is 53.0 Å². The third-order valence-electron chi connectivity index (χ3n) is 4.84. The number of hydrogen-bond acceptors (Lipinski definition) is 5. The monoisotopic (exact) mass is 453 g/mol. The van der Waals surface area contributed by atoms with Gasteiger partial charge in [0.1, 0.15) is 0 Å². The van der Waals surface area contributed by atoms with Gasteiger partial charge in [0.05, 0.1) is 11.3 Å². The molecular formula is C21H25Cl2N3O4. The number of nitrogens with one attached hydrogen (secondary N) is 1. The quantitative estimate of drug-likeness (QED) is 0.354. The van der Waals surface area contributed by atoms with Crippen molar-refractivity contribution in [3.05, 3.63) is 50.8 Å². The molecule has 0 spiro atoms. The van der Waals surface area contributed by atoms with Gasteiger partial charge in [-0.1, -0.05) is 42.6 Å². The third-order valence-corrected chi connectivity index (χ3v) is 5.40. The number of aromatic nitrogens is 2. The second kappa shape index (κ2) is 10.6. The lowest BCUT2D eigenvalue weighted by atomic mass is 9.94. The number of ketones is 1. The van der Waals surface area contributed by atoms with Crippen LogP contribution in [0.2, 0.25) is 10.0 Å². The zero-order valence-corrected chi connectivity index (χ0v) is 18.9. The lowest BCUT2D eigenvalue weighted by molar-refractivity contribution is -0.144. The Balaban J connectivity index is 1.92. The van der Waals surface area contributed by atoms with Crippen molar-refractivity contribution < 1.29 is 19.1 Å². The van der Waals surface area contributed by atoms with E-state index in [0.29, 0.717) is 28.0 Å². The smallest absolute Gasteiger partial charge is 0.380 e. The number of carbonyl (C=O) groups is 3. The molecule has 0 aliphatic heterocycles. The highest BCUT2D eigenvalue weighted by Gasteiger charge is 2.26. The highest BCUT2D eigenvalue weighted by atomic mass is 35.5. The Morgan fingerprint density at radius 2 is 1.93 bits per heavy atom. The van der Waals surface area contributed by atoms with Crippen molar-refractivity contribution >= 4 is 40.9 Å². The van der Waals surface area contributed by atoms with Gasteiger partial charge in [-0.25, -0.2) is 4.79 Å². The number of halogens is 2. The number of esters is 1. The summed E-state index contributed by atoms with van der Waals surface area (Å²) >= 11 is 12.2. The molecule has 1 unspecified atom stereocenters. The maximum absolute atomic E-state index is 12.3. The first-order valence-electron chi connectivity index (χ1n) is 9.58. The average Bonchev–Trinajstić information content (AvgIpc) is 2.94. The van der Waals surface area contributed by atoms with Gasteiger partial charge in [0.15, 0.2) is 6.61 Å². The number of amides is 1. The molecule has 0 fully saturated rings. The van der Waals surface area contributed by atoms with Gasteiger partial charge in [0.25, 0.3) is 11.7 Å². The van der Waals surface area contributed by atoms with E-state index in [1.165, 1.54) is 4.68 Å². The van der Waals surface area contributed by atoms with Crippen LogP contribution in [0.3, 0.4) is 0 Å². The Labute approximate surface area is 185 Å². The van der Waals surface area contributed by atoms with E-state index in [1.807, 2.05) is 13.0 Å². The van der Waals surface area contributed by atoms with Gasteiger partial charge >= 0.3 is 5.97 Å². The molecule has 7 nitrogen and oxygen atoms in total. The first-order valence-corrected chi connectivity index (χ1v) is 10.3. The number of carbonyl (C=O) groups excluding carboxylic acids is 3. The summed E-state index contributed by atoms with van der Waals surface area (Å²) in [5, 5.41) is 7.92. The lowest BCUT2D eigenvalue weighted by Crippen LogP contribution is -2.33. The molecule has 30 heavy (non-hydrogen) atoms. The van der Waals surface area contributed by atoms with Crippen molar-refractivity contribution in [2.45, 2.75) is 39.5 Å². The van der Waals surface area contributed by atoms with Crippen LogP contribution in [0.4, 0.5) is 0 Å². The Morgan fingerprint density at radius 1 is 1.23 bits per heavy atom. The van der Waals surface area contributed by atoms with Crippen molar-refractivity contribution in [1.82, 2.24) is 15.1 Å². The molecule has 0 aliphatic rings. The maximum Gasteiger partial charge on any atom is 0.380 e. The highest BCUT2D eigenvalue weighted by molar-refractivity contribution is 6.41. The van der Waals surface area contributed by atoms with E-state index in [4.69, 9.17) is 27.9 Å². The fraction of sp³-hybridized carbons (Fsp3) is 0.429. The molecule has 0 saturated carbocycles. The van der Waals surface area contributed by atoms with Gasteiger partial charge < -0.3 is 10.1 Å². The summed E-state index contributed by atoms with van der Waals surface area (Å²) in [6, 6.07) is 5.26. The van der Waals surface area contributed by atoms with E-state index in [0.717, 1.165) is 18.4 Å². The molecule has 1 N–H and O–H groups in total. The molecule has 2 rings (SSSR count). The van der Waals surface area contributed by atoms with Crippen LogP contribution in [-0.2, 0) is 21.4 Å². The molecule has 0 bridgehead atoms. The molecule has 162 valence electrons. The number of Topliss-reactive ketones (excluding diaryl/α,β-unsaturated/α-hetero) is 1. The molecular weight excluding hydrogens is 429 g/mol. The Hall–Kier alpha value is -2.38.